The van der Waals surface area contributed by atoms with Crippen molar-refractivity contribution in [1.82, 2.24) is 4.90 Å². The highest BCUT2D eigenvalue weighted by Crippen LogP contribution is 2.09. The van der Waals surface area contributed by atoms with Crippen LogP contribution in [0.4, 0.5) is 0 Å². The Labute approximate surface area is 105 Å². The molecule has 0 radical (unpaired) electrons. The van der Waals surface area contributed by atoms with E-state index in [1.165, 1.54) is 4.90 Å². The molecule has 0 saturated heterocycles. The van der Waals surface area contributed by atoms with E-state index in [1.54, 1.807) is 0 Å². The summed E-state index contributed by atoms with van der Waals surface area (Å²) in [5, 5.41) is 34.6. The first kappa shape index (κ1) is 15.9. The maximum atomic E-state index is 11.1. The van der Waals surface area contributed by atoms with E-state index in [0.29, 0.717) is 0 Å². The van der Waals surface area contributed by atoms with Crippen LogP contribution >= 0.6 is 0 Å². The average molecular weight is 253 g/mol. The monoisotopic (exact) mass is 253 g/mol. The van der Waals surface area contributed by atoms with Gasteiger partial charge in [0.1, 0.15) is 6.04 Å². The third kappa shape index (κ3) is 6.46. The fraction of sp³-hybridized carbons (Fsp3) is 0.636. The maximum Gasteiger partial charge on any atom is 0.320 e. The minimum absolute atomic E-state index is 0.0402. The number of carbonyl (C=O) groups is 2. The number of hydrogen-bond donors (Lipinski definition) is 2. The smallest absolute Gasteiger partial charge is 0.320 e. The number of nitrogens with zero attached hydrogens (tertiary/aromatic N) is 3. The van der Waals surface area contributed by atoms with Crippen LogP contribution in [-0.4, -0.2) is 46.2 Å². The molecule has 98 valence electrons. The molecule has 0 aromatic heterocycles. The summed E-state index contributed by atoms with van der Waals surface area (Å²) in [5.74, 6) is -2.20. The van der Waals surface area contributed by atoms with E-state index in [9.17, 15) is 9.59 Å². The van der Waals surface area contributed by atoms with E-state index < -0.39 is 18.0 Å². The average Bonchev–Trinajstić information content (AvgIpc) is 2.30. The number of hydrogen-bond acceptors (Lipinski definition) is 5. The van der Waals surface area contributed by atoms with Crippen LogP contribution in [-0.2, 0) is 9.59 Å². The highest BCUT2D eigenvalue weighted by Gasteiger charge is 2.25. The quantitative estimate of drug-likeness (QED) is 0.610. The van der Waals surface area contributed by atoms with Gasteiger partial charge < -0.3 is 10.2 Å². The predicted molar refractivity (Wildman–Crippen MR) is 60.3 cm³/mol. The van der Waals surface area contributed by atoms with Crippen molar-refractivity contribution in [2.75, 3.05) is 13.1 Å². The minimum Gasteiger partial charge on any atom is -0.481 e. The van der Waals surface area contributed by atoms with Crippen LogP contribution in [0.3, 0.4) is 0 Å². The molecule has 0 aliphatic rings. The molecule has 7 nitrogen and oxygen atoms in total. The summed E-state index contributed by atoms with van der Waals surface area (Å²) in [5.41, 5.74) is 0. The summed E-state index contributed by atoms with van der Waals surface area (Å²) in [6.07, 6.45) is -0.0152. The normalized spacial score (nSPS) is 11.5. The first-order valence-corrected chi connectivity index (χ1v) is 5.45. The molecule has 0 spiro atoms. The Morgan fingerprint density at radius 1 is 1.11 bits per heavy atom. The van der Waals surface area contributed by atoms with Gasteiger partial charge in [-0.3, -0.25) is 14.5 Å². The molecule has 18 heavy (non-hydrogen) atoms. The van der Waals surface area contributed by atoms with Gasteiger partial charge in [0, 0.05) is 32.4 Å². The van der Waals surface area contributed by atoms with Gasteiger partial charge >= 0.3 is 11.9 Å². The summed E-state index contributed by atoms with van der Waals surface area (Å²) in [6, 6.07) is 2.83. The van der Waals surface area contributed by atoms with Gasteiger partial charge in [-0.2, -0.15) is 10.5 Å². The topological polar surface area (TPSA) is 125 Å². The van der Waals surface area contributed by atoms with E-state index in [1.807, 2.05) is 12.1 Å². The van der Waals surface area contributed by atoms with E-state index >= 15 is 0 Å². The molecule has 0 aliphatic heterocycles. The Hall–Kier alpha value is -2.12. The Morgan fingerprint density at radius 3 is 1.94 bits per heavy atom. The lowest BCUT2D eigenvalue weighted by Gasteiger charge is -2.26. The fourth-order valence-electron chi connectivity index (χ4n) is 1.53. The van der Waals surface area contributed by atoms with Crippen molar-refractivity contribution in [3.05, 3.63) is 0 Å². The zero-order valence-corrected chi connectivity index (χ0v) is 9.87. The number of nitriles is 2. The van der Waals surface area contributed by atoms with Crippen molar-refractivity contribution in [2.45, 2.75) is 31.7 Å². The molecule has 0 saturated carbocycles. The molecule has 0 aromatic carbocycles. The molecular weight excluding hydrogens is 238 g/mol. The second-order valence-electron chi connectivity index (χ2n) is 3.64. The van der Waals surface area contributed by atoms with Gasteiger partial charge in [-0.05, 0) is 6.42 Å². The zero-order valence-electron chi connectivity index (χ0n) is 9.87. The Morgan fingerprint density at radius 2 is 1.61 bits per heavy atom. The van der Waals surface area contributed by atoms with Crippen LogP contribution in [0.5, 0.6) is 0 Å². The van der Waals surface area contributed by atoms with Crippen LogP contribution in [0.15, 0.2) is 0 Å². The van der Waals surface area contributed by atoms with Crippen molar-refractivity contribution in [1.29, 1.82) is 10.5 Å². The number of rotatable bonds is 9. The second-order valence-corrected chi connectivity index (χ2v) is 3.64. The van der Waals surface area contributed by atoms with Gasteiger partial charge in [-0.1, -0.05) is 0 Å². The largest absolute Gasteiger partial charge is 0.481 e. The molecule has 0 unspecified atom stereocenters. The molecule has 0 rings (SSSR count). The summed E-state index contributed by atoms with van der Waals surface area (Å²) < 4.78 is 0. The van der Waals surface area contributed by atoms with Crippen molar-refractivity contribution >= 4 is 11.9 Å². The minimum atomic E-state index is -1.13. The van der Waals surface area contributed by atoms with Crippen LogP contribution in [0, 0.1) is 22.7 Å². The molecule has 0 aromatic rings. The van der Waals surface area contributed by atoms with Gasteiger partial charge in [-0.25, -0.2) is 0 Å². The van der Waals surface area contributed by atoms with Crippen LogP contribution < -0.4 is 0 Å². The molecule has 0 aliphatic carbocycles. The highest BCUT2D eigenvalue weighted by molar-refractivity contribution is 5.75. The molecule has 0 amide bonds. The molecule has 0 fully saturated rings. The van der Waals surface area contributed by atoms with Crippen molar-refractivity contribution in [2.24, 2.45) is 0 Å². The lowest BCUT2D eigenvalue weighted by atomic mass is 10.1. The standard InChI is InChI=1S/C11H15N3O4/c12-5-1-7-14(8-2-6-13)9(11(17)18)3-4-10(15)16/h9H,1-4,7-8H2,(H,15,16)(H,17,18)/t9-/m0/s1. The second kappa shape index (κ2) is 8.97. The van der Waals surface area contributed by atoms with E-state index in [4.69, 9.17) is 20.7 Å². The summed E-state index contributed by atoms with van der Waals surface area (Å²) in [6.45, 7) is 0.434. The van der Waals surface area contributed by atoms with E-state index in [-0.39, 0.29) is 38.8 Å². The number of aliphatic carboxylic acids is 2. The van der Waals surface area contributed by atoms with Gasteiger partial charge in [0.05, 0.1) is 12.1 Å². The third-order valence-electron chi connectivity index (χ3n) is 2.38. The van der Waals surface area contributed by atoms with E-state index in [2.05, 4.69) is 0 Å². The summed E-state index contributed by atoms with van der Waals surface area (Å²) >= 11 is 0. The van der Waals surface area contributed by atoms with Crippen LogP contribution in [0.2, 0.25) is 0 Å². The van der Waals surface area contributed by atoms with Gasteiger partial charge in [0.2, 0.25) is 0 Å². The summed E-state index contributed by atoms with van der Waals surface area (Å²) in [4.78, 5) is 23.0. The molecule has 0 heterocycles. The van der Waals surface area contributed by atoms with Gasteiger partial charge in [0.25, 0.3) is 0 Å². The molecule has 7 heteroatoms. The number of carboxylic acids is 2. The lowest BCUT2D eigenvalue weighted by molar-refractivity contribution is -0.144. The lowest BCUT2D eigenvalue weighted by Crippen LogP contribution is -2.42. The Kier molecular flexibility index (Phi) is 7.91. The SMILES string of the molecule is N#CCCN(CCC#N)[C@@H](CCC(=O)O)C(=O)O. The predicted octanol–water partition coefficient (Wildman–Crippen LogP) is 0.434. The van der Waals surface area contributed by atoms with Crippen molar-refractivity contribution in [3.63, 3.8) is 0 Å². The first-order valence-electron chi connectivity index (χ1n) is 5.45. The Bertz CT molecular complexity index is 351. The van der Waals surface area contributed by atoms with Crippen LogP contribution in [0.1, 0.15) is 25.7 Å². The number of carboxylic acid groups (broad SMARTS) is 2. The van der Waals surface area contributed by atoms with Gasteiger partial charge in [0.15, 0.2) is 0 Å². The van der Waals surface area contributed by atoms with Crippen molar-refractivity contribution < 1.29 is 19.8 Å². The van der Waals surface area contributed by atoms with Gasteiger partial charge in [-0.15, -0.1) is 0 Å². The molecule has 2 N–H and O–H groups in total. The van der Waals surface area contributed by atoms with Crippen LogP contribution in [0.25, 0.3) is 0 Å². The third-order valence-corrected chi connectivity index (χ3v) is 2.38. The fourth-order valence-corrected chi connectivity index (χ4v) is 1.53. The van der Waals surface area contributed by atoms with Crippen molar-refractivity contribution in [3.8, 4) is 12.1 Å². The molecule has 1 atom stereocenters. The Balaban J connectivity index is 4.63. The molecule has 0 bridgehead atoms. The zero-order chi connectivity index (χ0) is 14.0. The summed E-state index contributed by atoms with van der Waals surface area (Å²) in [7, 11) is 0. The highest BCUT2D eigenvalue weighted by atomic mass is 16.4. The molecular formula is C11H15N3O4. The van der Waals surface area contributed by atoms with E-state index in [0.717, 1.165) is 0 Å². The first-order chi connectivity index (χ1) is 8.52. The maximum absolute atomic E-state index is 11.1.